The minimum atomic E-state index is -0.0893. The van der Waals surface area contributed by atoms with Crippen LogP contribution in [0.1, 0.15) is 22.8 Å². The molecule has 0 fully saturated rings. The summed E-state index contributed by atoms with van der Waals surface area (Å²) in [6.45, 7) is 2.31. The summed E-state index contributed by atoms with van der Waals surface area (Å²) in [7, 11) is 0. The third-order valence-corrected chi connectivity index (χ3v) is 3.54. The molecule has 0 radical (unpaired) electrons. The molecule has 0 atom stereocenters. The lowest BCUT2D eigenvalue weighted by molar-refractivity contribution is 0.104. The predicted molar refractivity (Wildman–Crippen MR) is 86.8 cm³/mol. The number of ether oxygens (including phenoxy) is 1. The Morgan fingerprint density at radius 3 is 2.76 bits per heavy atom. The Kier molecular flexibility index (Phi) is 5.17. The summed E-state index contributed by atoms with van der Waals surface area (Å²) in [4.78, 5) is 12.1. The van der Waals surface area contributed by atoms with Gasteiger partial charge in [-0.15, -0.1) is 0 Å². The Morgan fingerprint density at radius 2 is 2.05 bits per heavy atom. The number of hydrogen-bond acceptors (Lipinski definition) is 3. The minimum Gasteiger partial charge on any atom is -0.504 e. The van der Waals surface area contributed by atoms with Crippen LogP contribution in [0.15, 0.2) is 53.0 Å². The van der Waals surface area contributed by atoms with Crippen LogP contribution in [0.3, 0.4) is 0 Å². The van der Waals surface area contributed by atoms with Gasteiger partial charge in [0.2, 0.25) is 0 Å². The van der Waals surface area contributed by atoms with Crippen LogP contribution >= 0.6 is 15.9 Å². The molecule has 2 aromatic carbocycles. The van der Waals surface area contributed by atoms with Crippen molar-refractivity contribution < 1.29 is 14.6 Å². The van der Waals surface area contributed by atoms with E-state index in [0.29, 0.717) is 17.9 Å². The van der Waals surface area contributed by atoms with E-state index in [4.69, 9.17) is 4.74 Å². The summed E-state index contributed by atoms with van der Waals surface area (Å²) in [5.74, 6) is 0.410. The number of ketones is 1. The van der Waals surface area contributed by atoms with Gasteiger partial charge >= 0.3 is 0 Å². The highest BCUT2D eigenvalue weighted by molar-refractivity contribution is 9.10. The molecule has 0 heterocycles. The van der Waals surface area contributed by atoms with Crippen molar-refractivity contribution in [2.24, 2.45) is 0 Å². The molecule has 3 nitrogen and oxygen atoms in total. The van der Waals surface area contributed by atoms with Gasteiger partial charge in [-0.1, -0.05) is 40.2 Å². The third-order valence-electron chi connectivity index (χ3n) is 2.85. The van der Waals surface area contributed by atoms with Gasteiger partial charge in [-0.3, -0.25) is 4.79 Å². The monoisotopic (exact) mass is 346 g/mol. The van der Waals surface area contributed by atoms with Crippen LogP contribution in [0.25, 0.3) is 6.08 Å². The maximum Gasteiger partial charge on any atom is 0.186 e. The lowest BCUT2D eigenvalue weighted by Crippen LogP contribution is -1.95. The number of hydrogen-bond donors (Lipinski definition) is 1. The van der Waals surface area contributed by atoms with Gasteiger partial charge < -0.3 is 9.84 Å². The Bertz CT molecular complexity index is 677. The van der Waals surface area contributed by atoms with Gasteiger partial charge in [0.25, 0.3) is 0 Å². The van der Waals surface area contributed by atoms with Gasteiger partial charge in [-0.2, -0.15) is 0 Å². The van der Waals surface area contributed by atoms with Gasteiger partial charge in [0.1, 0.15) is 0 Å². The van der Waals surface area contributed by atoms with E-state index in [-0.39, 0.29) is 11.5 Å². The predicted octanol–water partition coefficient (Wildman–Crippen LogP) is 4.45. The highest BCUT2D eigenvalue weighted by atomic mass is 79.9. The first kappa shape index (κ1) is 15.3. The van der Waals surface area contributed by atoms with Crippen molar-refractivity contribution in [2.45, 2.75) is 6.92 Å². The summed E-state index contributed by atoms with van der Waals surface area (Å²) in [6.07, 6.45) is 3.20. The van der Waals surface area contributed by atoms with Gasteiger partial charge in [0.05, 0.1) is 6.61 Å². The van der Waals surface area contributed by atoms with Crippen LogP contribution < -0.4 is 4.74 Å². The molecule has 21 heavy (non-hydrogen) atoms. The van der Waals surface area contributed by atoms with Gasteiger partial charge in [-0.25, -0.2) is 0 Å². The minimum absolute atomic E-state index is 0.0890. The largest absolute Gasteiger partial charge is 0.504 e. The quantitative estimate of drug-likeness (QED) is 0.642. The second-order valence-corrected chi connectivity index (χ2v) is 5.19. The molecule has 2 rings (SSSR count). The third kappa shape index (κ3) is 3.95. The first-order valence-corrected chi connectivity index (χ1v) is 7.34. The summed E-state index contributed by atoms with van der Waals surface area (Å²) >= 11 is 3.36. The molecule has 0 saturated heterocycles. The van der Waals surface area contributed by atoms with E-state index < -0.39 is 0 Å². The second-order valence-electron chi connectivity index (χ2n) is 4.34. The molecule has 0 amide bonds. The number of aromatic hydroxyl groups is 1. The second kappa shape index (κ2) is 7.09. The van der Waals surface area contributed by atoms with Crippen LogP contribution in [-0.2, 0) is 0 Å². The lowest BCUT2D eigenvalue weighted by Gasteiger charge is -2.06. The number of rotatable bonds is 5. The average molecular weight is 347 g/mol. The van der Waals surface area contributed by atoms with Gasteiger partial charge in [0.15, 0.2) is 17.3 Å². The van der Waals surface area contributed by atoms with Crippen molar-refractivity contribution >= 4 is 27.8 Å². The number of carbonyl (C=O) groups is 1. The van der Waals surface area contributed by atoms with Crippen molar-refractivity contribution in [1.82, 2.24) is 0 Å². The van der Waals surface area contributed by atoms with E-state index in [2.05, 4.69) is 15.9 Å². The molecule has 0 spiro atoms. The Hall–Kier alpha value is -2.07. The summed E-state index contributed by atoms with van der Waals surface area (Å²) in [6, 6.07) is 12.2. The van der Waals surface area contributed by atoms with Gasteiger partial charge in [-0.05, 0) is 42.8 Å². The molecule has 0 aliphatic carbocycles. The highest BCUT2D eigenvalue weighted by Gasteiger charge is 2.06. The van der Waals surface area contributed by atoms with Crippen LogP contribution in [0, 0.1) is 0 Å². The van der Waals surface area contributed by atoms with Crippen LogP contribution in [0.2, 0.25) is 0 Å². The Balaban J connectivity index is 2.20. The van der Waals surface area contributed by atoms with Crippen LogP contribution in [0.4, 0.5) is 0 Å². The van der Waals surface area contributed by atoms with Crippen molar-refractivity contribution in [3.05, 3.63) is 64.1 Å². The number of halogens is 1. The maximum atomic E-state index is 12.1. The molecule has 0 aliphatic heterocycles. The smallest absolute Gasteiger partial charge is 0.186 e. The fourth-order valence-corrected chi connectivity index (χ4v) is 2.31. The van der Waals surface area contributed by atoms with Crippen molar-refractivity contribution in [2.75, 3.05) is 6.61 Å². The zero-order valence-corrected chi connectivity index (χ0v) is 13.1. The molecule has 1 N–H and O–H groups in total. The standard InChI is InChI=1S/C17H15BrO3/c1-2-21-17-11-12(8-10-16(17)20)7-9-15(19)13-5-3-4-6-14(13)18/h3-11,20H,2H2,1H3. The lowest BCUT2D eigenvalue weighted by atomic mass is 10.1. The van der Waals surface area contributed by atoms with E-state index in [0.717, 1.165) is 10.0 Å². The maximum absolute atomic E-state index is 12.1. The summed E-state index contributed by atoms with van der Waals surface area (Å²) < 4.78 is 6.08. The van der Waals surface area contributed by atoms with Crippen molar-refractivity contribution in [3.8, 4) is 11.5 Å². The molecule has 108 valence electrons. The normalized spacial score (nSPS) is 10.8. The molecule has 4 heteroatoms. The number of benzene rings is 2. The van der Waals surface area contributed by atoms with Crippen molar-refractivity contribution in [3.63, 3.8) is 0 Å². The van der Waals surface area contributed by atoms with E-state index >= 15 is 0 Å². The summed E-state index contributed by atoms with van der Waals surface area (Å²) in [5.41, 5.74) is 1.40. The average Bonchev–Trinajstić information content (AvgIpc) is 2.48. The molecular weight excluding hydrogens is 332 g/mol. The molecule has 0 aliphatic rings. The Labute approximate surface area is 132 Å². The highest BCUT2D eigenvalue weighted by Crippen LogP contribution is 2.27. The first-order valence-electron chi connectivity index (χ1n) is 6.54. The first-order chi connectivity index (χ1) is 10.1. The number of phenols is 1. The molecule has 0 unspecified atom stereocenters. The van der Waals surface area contributed by atoms with Crippen molar-refractivity contribution in [1.29, 1.82) is 0 Å². The topological polar surface area (TPSA) is 46.5 Å². The SMILES string of the molecule is CCOc1cc(C=CC(=O)c2ccccc2Br)ccc1O. The molecule has 2 aromatic rings. The number of allylic oxidation sites excluding steroid dienone is 1. The van der Waals surface area contributed by atoms with Crippen LogP contribution in [-0.4, -0.2) is 17.5 Å². The van der Waals surface area contributed by atoms with E-state index in [1.807, 2.05) is 25.1 Å². The fourth-order valence-electron chi connectivity index (χ4n) is 1.83. The molecule has 0 aromatic heterocycles. The Morgan fingerprint density at radius 1 is 1.29 bits per heavy atom. The van der Waals surface area contributed by atoms with E-state index in [9.17, 15) is 9.90 Å². The van der Waals surface area contributed by atoms with Gasteiger partial charge in [0, 0.05) is 10.0 Å². The van der Waals surface area contributed by atoms with E-state index in [1.54, 1.807) is 30.3 Å². The molecule has 0 saturated carbocycles. The number of carbonyl (C=O) groups excluding carboxylic acids is 1. The summed E-state index contributed by atoms with van der Waals surface area (Å²) in [5, 5.41) is 9.64. The zero-order chi connectivity index (χ0) is 15.2. The van der Waals surface area contributed by atoms with Crippen LogP contribution in [0.5, 0.6) is 11.5 Å². The van der Waals surface area contributed by atoms with E-state index in [1.165, 1.54) is 6.08 Å². The zero-order valence-electron chi connectivity index (χ0n) is 11.5. The fraction of sp³-hybridized carbons (Fsp3) is 0.118. The number of phenolic OH excluding ortho intramolecular Hbond substituents is 1. The molecule has 0 bridgehead atoms. The molecular formula is C17H15BrO3.